The molecule has 1 amide bonds. The Hall–Kier alpha value is -1.84. The SMILES string of the molecule is CCOC(=O)CN(C)C(=O)C1(c2ccccc2)CCC1. The highest BCUT2D eigenvalue weighted by Gasteiger charge is 2.47. The van der Waals surface area contributed by atoms with Crippen LogP contribution in [0.5, 0.6) is 0 Å². The van der Waals surface area contributed by atoms with Crippen LogP contribution in [-0.2, 0) is 19.7 Å². The van der Waals surface area contributed by atoms with E-state index >= 15 is 0 Å². The molecule has 1 aromatic carbocycles. The summed E-state index contributed by atoms with van der Waals surface area (Å²) < 4.78 is 4.90. The maximum Gasteiger partial charge on any atom is 0.325 e. The number of hydrogen-bond acceptors (Lipinski definition) is 3. The van der Waals surface area contributed by atoms with Gasteiger partial charge in [0, 0.05) is 7.05 Å². The van der Waals surface area contributed by atoms with Crippen LogP contribution in [-0.4, -0.2) is 37.0 Å². The summed E-state index contributed by atoms with van der Waals surface area (Å²) >= 11 is 0. The maximum atomic E-state index is 12.7. The zero-order chi connectivity index (χ0) is 14.6. The molecule has 1 saturated carbocycles. The van der Waals surface area contributed by atoms with Crippen molar-refractivity contribution < 1.29 is 14.3 Å². The molecule has 108 valence electrons. The lowest BCUT2D eigenvalue weighted by Crippen LogP contribution is -2.51. The number of carbonyl (C=O) groups excluding carboxylic acids is 2. The standard InChI is InChI=1S/C16H21NO3/c1-3-20-14(18)12-17(2)15(19)16(10-7-11-16)13-8-5-4-6-9-13/h4-6,8-9H,3,7,10-12H2,1-2H3. The first-order valence-corrected chi connectivity index (χ1v) is 7.07. The summed E-state index contributed by atoms with van der Waals surface area (Å²) in [6.07, 6.45) is 2.75. The van der Waals surface area contributed by atoms with Gasteiger partial charge < -0.3 is 9.64 Å². The number of nitrogens with zero attached hydrogens (tertiary/aromatic N) is 1. The Morgan fingerprint density at radius 3 is 2.40 bits per heavy atom. The van der Waals surface area contributed by atoms with Gasteiger partial charge in [-0.1, -0.05) is 36.8 Å². The van der Waals surface area contributed by atoms with Crippen molar-refractivity contribution in [2.75, 3.05) is 20.2 Å². The van der Waals surface area contributed by atoms with Crippen LogP contribution in [0.4, 0.5) is 0 Å². The highest BCUT2D eigenvalue weighted by atomic mass is 16.5. The quantitative estimate of drug-likeness (QED) is 0.773. The lowest BCUT2D eigenvalue weighted by atomic mass is 9.63. The molecular weight excluding hydrogens is 254 g/mol. The Morgan fingerprint density at radius 1 is 1.25 bits per heavy atom. The number of rotatable bonds is 5. The van der Waals surface area contributed by atoms with E-state index in [1.807, 2.05) is 30.3 Å². The van der Waals surface area contributed by atoms with E-state index in [1.54, 1.807) is 14.0 Å². The Labute approximate surface area is 119 Å². The molecule has 1 aliphatic carbocycles. The number of benzene rings is 1. The van der Waals surface area contributed by atoms with Gasteiger partial charge in [-0.15, -0.1) is 0 Å². The van der Waals surface area contributed by atoms with Gasteiger partial charge in [-0.05, 0) is 25.3 Å². The predicted molar refractivity (Wildman–Crippen MR) is 76.2 cm³/mol. The zero-order valence-electron chi connectivity index (χ0n) is 12.1. The topological polar surface area (TPSA) is 46.6 Å². The first kappa shape index (κ1) is 14.6. The fourth-order valence-electron chi connectivity index (χ4n) is 2.75. The summed E-state index contributed by atoms with van der Waals surface area (Å²) in [5, 5.41) is 0. The molecule has 1 fully saturated rings. The van der Waals surface area contributed by atoms with E-state index in [0.717, 1.165) is 24.8 Å². The molecule has 0 heterocycles. The molecule has 0 aromatic heterocycles. The van der Waals surface area contributed by atoms with Gasteiger partial charge in [-0.2, -0.15) is 0 Å². The van der Waals surface area contributed by atoms with Gasteiger partial charge in [0.2, 0.25) is 5.91 Å². The van der Waals surface area contributed by atoms with Gasteiger partial charge in [0.25, 0.3) is 0 Å². The predicted octanol–water partition coefficient (Wildman–Crippen LogP) is 2.13. The summed E-state index contributed by atoms with van der Waals surface area (Å²) in [7, 11) is 1.67. The molecule has 0 bridgehead atoms. The fourth-order valence-corrected chi connectivity index (χ4v) is 2.75. The van der Waals surface area contributed by atoms with E-state index < -0.39 is 5.41 Å². The molecule has 0 saturated heterocycles. The summed E-state index contributed by atoms with van der Waals surface area (Å²) in [5.74, 6) is -0.339. The second kappa shape index (κ2) is 6.07. The van der Waals surface area contributed by atoms with E-state index in [9.17, 15) is 9.59 Å². The van der Waals surface area contributed by atoms with Crippen LogP contribution >= 0.6 is 0 Å². The fraction of sp³-hybridized carbons (Fsp3) is 0.500. The Bertz CT molecular complexity index is 480. The van der Waals surface area contributed by atoms with Crippen molar-refractivity contribution in [2.45, 2.75) is 31.6 Å². The molecule has 0 aliphatic heterocycles. The van der Waals surface area contributed by atoms with E-state index in [2.05, 4.69) is 0 Å². The third-order valence-electron chi connectivity index (χ3n) is 3.96. The molecule has 0 spiro atoms. The molecule has 4 nitrogen and oxygen atoms in total. The average Bonchev–Trinajstić information content (AvgIpc) is 2.38. The van der Waals surface area contributed by atoms with Crippen LogP contribution in [0.25, 0.3) is 0 Å². The number of likely N-dealkylation sites (N-methyl/N-ethyl adjacent to an activating group) is 1. The monoisotopic (exact) mass is 275 g/mol. The minimum atomic E-state index is -0.442. The van der Waals surface area contributed by atoms with Crippen molar-refractivity contribution in [3.05, 3.63) is 35.9 Å². The van der Waals surface area contributed by atoms with E-state index in [0.29, 0.717) is 6.61 Å². The smallest absolute Gasteiger partial charge is 0.325 e. The van der Waals surface area contributed by atoms with Crippen LogP contribution in [0.15, 0.2) is 30.3 Å². The van der Waals surface area contributed by atoms with Crippen LogP contribution in [0.1, 0.15) is 31.7 Å². The number of hydrogen-bond donors (Lipinski definition) is 0. The highest BCUT2D eigenvalue weighted by molar-refractivity contribution is 5.91. The second-order valence-corrected chi connectivity index (χ2v) is 5.27. The van der Waals surface area contributed by atoms with Gasteiger partial charge in [0.05, 0.1) is 12.0 Å². The second-order valence-electron chi connectivity index (χ2n) is 5.27. The highest BCUT2D eigenvalue weighted by Crippen LogP contribution is 2.44. The maximum absolute atomic E-state index is 12.7. The number of ether oxygens (including phenoxy) is 1. The van der Waals surface area contributed by atoms with E-state index in [-0.39, 0.29) is 18.4 Å². The van der Waals surface area contributed by atoms with Crippen molar-refractivity contribution in [2.24, 2.45) is 0 Å². The lowest BCUT2D eigenvalue weighted by Gasteiger charge is -2.43. The summed E-state index contributed by atoms with van der Waals surface area (Å²) in [4.78, 5) is 25.7. The summed E-state index contributed by atoms with van der Waals surface area (Å²) in [6.45, 7) is 2.11. The number of amides is 1. The van der Waals surface area contributed by atoms with Gasteiger partial charge in [-0.25, -0.2) is 0 Å². The van der Waals surface area contributed by atoms with Gasteiger partial charge >= 0.3 is 5.97 Å². The minimum Gasteiger partial charge on any atom is -0.465 e. The van der Waals surface area contributed by atoms with Crippen molar-refractivity contribution >= 4 is 11.9 Å². The van der Waals surface area contributed by atoms with Gasteiger partial charge in [-0.3, -0.25) is 9.59 Å². The molecule has 1 aromatic rings. The van der Waals surface area contributed by atoms with Crippen LogP contribution in [0, 0.1) is 0 Å². The van der Waals surface area contributed by atoms with Gasteiger partial charge in [0.15, 0.2) is 0 Å². The molecule has 0 N–H and O–H groups in total. The Balaban J connectivity index is 2.12. The Kier molecular flexibility index (Phi) is 4.42. The van der Waals surface area contributed by atoms with Crippen LogP contribution < -0.4 is 0 Å². The number of carbonyl (C=O) groups is 2. The Morgan fingerprint density at radius 2 is 1.90 bits per heavy atom. The molecule has 0 radical (unpaired) electrons. The third kappa shape index (κ3) is 2.69. The zero-order valence-corrected chi connectivity index (χ0v) is 12.1. The summed E-state index contributed by atoms with van der Waals surface area (Å²) in [6, 6.07) is 9.84. The normalized spacial score (nSPS) is 16.1. The molecule has 0 unspecified atom stereocenters. The van der Waals surface area contributed by atoms with Crippen molar-refractivity contribution in [1.82, 2.24) is 4.90 Å². The number of esters is 1. The van der Waals surface area contributed by atoms with Crippen molar-refractivity contribution in [3.8, 4) is 0 Å². The molecule has 2 rings (SSSR count). The summed E-state index contributed by atoms with van der Waals surface area (Å²) in [5.41, 5.74) is 0.606. The van der Waals surface area contributed by atoms with Gasteiger partial charge in [0.1, 0.15) is 6.54 Å². The molecule has 20 heavy (non-hydrogen) atoms. The minimum absolute atomic E-state index is 0.0151. The first-order valence-electron chi connectivity index (χ1n) is 7.07. The van der Waals surface area contributed by atoms with Crippen LogP contribution in [0.2, 0.25) is 0 Å². The van der Waals surface area contributed by atoms with Crippen molar-refractivity contribution in [3.63, 3.8) is 0 Å². The third-order valence-corrected chi connectivity index (χ3v) is 3.96. The molecule has 4 heteroatoms. The first-order chi connectivity index (χ1) is 9.60. The molecule has 1 aliphatic rings. The van der Waals surface area contributed by atoms with E-state index in [1.165, 1.54) is 4.90 Å². The van der Waals surface area contributed by atoms with Crippen LogP contribution in [0.3, 0.4) is 0 Å². The average molecular weight is 275 g/mol. The lowest BCUT2D eigenvalue weighted by molar-refractivity contribution is -0.151. The van der Waals surface area contributed by atoms with Crippen molar-refractivity contribution in [1.29, 1.82) is 0 Å². The van der Waals surface area contributed by atoms with E-state index in [4.69, 9.17) is 4.74 Å². The molecular formula is C16H21NO3. The molecule has 0 atom stereocenters. The largest absolute Gasteiger partial charge is 0.465 e.